The lowest BCUT2D eigenvalue weighted by Crippen LogP contribution is -2.38. The van der Waals surface area contributed by atoms with Crippen LogP contribution in [0, 0.1) is 0 Å². The van der Waals surface area contributed by atoms with E-state index in [2.05, 4.69) is 22.5 Å². The summed E-state index contributed by atoms with van der Waals surface area (Å²) in [6.07, 6.45) is 3.19. The Hall–Kier alpha value is -4.07. The summed E-state index contributed by atoms with van der Waals surface area (Å²) in [6, 6.07) is 18.1. The molecule has 1 amide bonds. The third-order valence-electron chi connectivity index (χ3n) is 6.18. The number of aromatic nitrogens is 3. The first kappa shape index (κ1) is 23.7. The molecule has 8 nitrogen and oxygen atoms in total. The molecule has 36 heavy (non-hydrogen) atoms. The molecule has 1 aliphatic heterocycles. The number of benzene rings is 2. The topological polar surface area (TPSA) is 81.0 Å². The summed E-state index contributed by atoms with van der Waals surface area (Å²) < 4.78 is 12.9. The molecular formula is C28H31N5O3. The fourth-order valence-corrected chi connectivity index (χ4v) is 4.48. The van der Waals surface area contributed by atoms with Gasteiger partial charge in [-0.1, -0.05) is 24.3 Å². The molecule has 0 atom stereocenters. The molecule has 0 saturated heterocycles. The van der Waals surface area contributed by atoms with E-state index in [0.717, 1.165) is 41.1 Å². The molecule has 5 rings (SSSR count). The number of ether oxygens (including phenoxy) is 2. The zero-order valence-corrected chi connectivity index (χ0v) is 21.1. The highest BCUT2D eigenvalue weighted by Crippen LogP contribution is 2.32. The number of rotatable bonds is 4. The van der Waals surface area contributed by atoms with Crippen molar-refractivity contribution in [2.75, 3.05) is 25.5 Å². The van der Waals surface area contributed by atoms with Gasteiger partial charge in [0, 0.05) is 36.1 Å². The maximum Gasteiger partial charge on any atom is 0.410 e. The summed E-state index contributed by atoms with van der Waals surface area (Å²) >= 11 is 0. The number of carbonyl (C=O) groups is 1. The summed E-state index contributed by atoms with van der Waals surface area (Å²) in [5.74, 6) is 1.30. The molecule has 186 valence electrons. The summed E-state index contributed by atoms with van der Waals surface area (Å²) in [5, 5.41) is 7.99. The molecule has 0 bridgehead atoms. The van der Waals surface area contributed by atoms with E-state index in [1.807, 2.05) is 69.4 Å². The van der Waals surface area contributed by atoms with Crippen LogP contribution in [0.4, 0.5) is 16.4 Å². The number of nitrogens with one attached hydrogen (secondary N) is 1. The van der Waals surface area contributed by atoms with Crippen LogP contribution >= 0.6 is 0 Å². The number of nitrogens with zero attached hydrogens (tertiary/aromatic N) is 4. The van der Waals surface area contributed by atoms with E-state index in [-0.39, 0.29) is 6.09 Å². The molecule has 1 N–H and O–H groups in total. The molecule has 3 heterocycles. The van der Waals surface area contributed by atoms with Crippen LogP contribution in [0.15, 0.2) is 60.8 Å². The van der Waals surface area contributed by atoms with Crippen LogP contribution in [0.2, 0.25) is 0 Å². The fraction of sp³-hybridized carbons (Fsp3) is 0.321. The number of anilines is 2. The van der Waals surface area contributed by atoms with Crippen molar-refractivity contribution in [1.29, 1.82) is 0 Å². The van der Waals surface area contributed by atoms with E-state index < -0.39 is 5.60 Å². The van der Waals surface area contributed by atoms with Gasteiger partial charge in [-0.2, -0.15) is 4.98 Å². The maximum absolute atomic E-state index is 12.5. The van der Waals surface area contributed by atoms with Gasteiger partial charge >= 0.3 is 6.09 Å². The Morgan fingerprint density at radius 3 is 2.50 bits per heavy atom. The number of methoxy groups -OCH3 is 1. The highest BCUT2D eigenvalue weighted by molar-refractivity contribution is 5.82. The molecule has 0 radical (unpaired) electrons. The van der Waals surface area contributed by atoms with Gasteiger partial charge in [-0.15, -0.1) is 5.10 Å². The van der Waals surface area contributed by atoms with Gasteiger partial charge in [0.05, 0.1) is 7.11 Å². The van der Waals surface area contributed by atoms with E-state index in [4.69, 9.17) is 14.5 Å². The number of para-hydroxylation sites is 1. The molecule has 0 fully saturated rings. The van der Waals surface area contributed by atoms with Gasteiger partial charge in [-0.25, -0.2) is 9.31 Å². The first-order valence-electron chi connectivity index (χ1n) is 12.2. The van der Waals surface area contributed by atoms with Gasteiger partial charge in [-0.05, 0) is 75.1 Å². The maximum atomic E-state index is 12.5. The predicted molar refractivity (Wildman–Crippen MR) is 140 cm³/mol. The quantitative estimate of drug-likeness (QED) is 0.412. The highest BCUT2D eigenvalue weighted by Gasteiger charge is 2.24. The molecule has 2 aromatic heterocycles. The number of amides is 1. The predicted octanol–water partition coefficient (Wildman–Crippen LogP) is 5.48. The van der Waals surface area contributed by atoms with Crippen LogP contribution in [-0.2, 0) is 17.6 Å². The summed E-state index contributed by atoms with van der Waals surface area (Å²) in [6.45, 7) is 6.95. The van der Waals surface area contributed by atoms with Crippen LogP contribution in [-0.4, -0.2) is 51.4 Å². The molecule has 0 aliphatic carbocycles. The zero-order chi connectivity index (χ0) is 25.3. The molecule has 2 aromatic carbocycles. The largest absolute Gasteiger partial charge is 0.496 e. The lowest BCUT2D eigenvalue weighted by atomic mass is 10.0. The minimum absolute atomic E-state index is 0.256. The van der Waals surface area contributed by atoms with Gasteiger partial charge in [0.2, 0.25) is 5.95 Å². The molecule has 0 spiro atoms. The van der Waals surface area contributed by atoms with Crippen molar-refractivity contribution in [2.45, 2.75) is 39.2 Å². The Kier molecular flexibility index (Phi) is 6.26. The molecule has 0 unspecified atom stereocenters. The summed E-state index contributed by atoms with van der Waals surface area (Å²) in [5.41, 5.74) is 5.52. The normalized spacial score (nSPS) is 13.7. The third-order valence-corrected chi connectivity index (χ3v) is 6.18. The van der Waals surface area contributed by atoms with Crippen molar-refractivity contribution >= 4 is 23.4 Å². The molecular weight excluding hydrogens is 454 g/mol. The molecule has 1 aliphatic rings. The second-order valence-electron chi connectivity index (χ2n) is 9.90. The summed E-state index contributed by atoms with van der Waals surface area (Å²) in [4.78, 5) is 19.1. The van der Waals surface area contributed by atoms with Crippen molar-refractivity contribution in [2.24, 2.45) is 0 Å². The van der Waals surface area contributed by atoms with Crippen molar-refractivity contribution < 1.29 is 14.3 Å². The Morgan fingerprint density at radius 2 is 1.72 bits per heavy atom. The van der Waals surface area contributed by atoms with Gasteiger partial charge in [-0.3, -0.25) is 0 Å². The van der Waals surface area contributed by atoms with E-state index in [9.17, 15) is 4.79 Å². The van der Waals surface area contributed by atoms with E-state index in [1.54, 1.807) is 16.5 Å². The van der Waals surface area contributed by atoms with Gasteiger partial charge < -0.3 is 19.7 Å². The van der Waals surface area contributed by atoms with Crippen LogP contribution in [0.3, 0.4) is 0 Å². The number of fused-ring (bicyclic) bond motifs is 2. The van der Waals surface area contributed by atoms with E-state index in [0.29, 0.717) is 19.0 Å². The SMILES string of the molecule is COc1ccccc1-c1cccn2nc(Nc3ccc4c(c3)CCN(C(=O)OC(C)(C)C)CC4)nc12. The standard InChI is InChI=1S/C28H31N5O3/c1-28(2,3)36-27(34)32-16-13-19-11-12-21(18-20(19)14-17-32)29-26-30-25-23(9-7-15-33(25)31-26)22-8-5-6-10-24(22)35-4/h5-12,15,18H,13-14,16-17H2,1-4H3,(H,29,31). The number of hydrogen-bond acceptors (Lipinski definition) is 6. The highest BCUT2D eigenvalue weighted by atomic mass is 16.6. The van der Waals surface area contributed by atoms with Crippen LogP contribution in [0.5, 0.6) is 5.75 Å². The average Bonchev–Trinajstić information content (AvgIpc) is 3.13. The smallest absolute Gasteiger partial charge is 0.410 e. The Morgan fingerprint density at radius 1 is 0.972 bits per heavy atom. The first-order valence-corrected chi connectivity index (χ1v) is 12.2. The lowest BCUT2D eigenvalue weighted by Gasteiger charge is -2.26. The van der Waals surface area contributed by atoms with Gasteiger partial charge in [0.1, 0.15) is 11.4 Å². The molecule has 4 aromatic rings. The van der Waals surface area contributed by atoms with E-state index in [1.165, 1.54) is 11.1 Å². The minimum Gasteiger partial charge on any atom is -0.496 e. The number of hydrogen-bond donors (Lipinski definition) is 1. The minimum atomic E-state index is -0.500. The van der Waals surface area contributed by atoms with Gasteiger partial charge in [0.25, 0.3) is 0 Å². The van der Waals surface area contributed by atoms with E-state index >= 15 is 0 Å². The molecule has 8 heteroatoms. The second-order valence-corrected chi connectivity index (χ2v) is 9.90. The number of carbonyl (C=O) groups excluding carboxylic acids is 1. The second kappa shape index (κ2) is 9.53. The van der Waals surface area contributed by atoms with Crippen molar-refractivity contribution in [3.63, 3.8) is 0 Å². The number of pyridine rings is 1. The Balaban J connectivity index is 1.36. The van der Waals surface area contributed by atoms with Crippen LogP contribution in [0.1, 0.15) is 31.9 Å². The van der Waals surface area contributed by atoms with Crippen molar-refractivity contribution in [1.82, 2.24) is 19.5 Å². The summed E-state index contributed by atoms with van der Waals surface area (Å²) in [7, 11) is 1.67. The van der Waals surface area contributed by atoms with Crippen molar-refractivity contribution in [3.05, 3.63) is 71.9 Å². The first-order chi connectivity index (χ1) is 17.3. The van der Waals surface area contributed by atoms with Crippen molar-refractivity contribution in [3.8, 4) is 16.9 Å². The van der Waals surface area contributed by atoms with Crippen LogP contribution in [0.25, 0.3) is 16.8 Å². The monoisotopic (exact) mass is 485 g/mol. The van der Waals surface area contributed by atoms with Crippen LogP contribution < -0.4 is 10.1 Å². The fourth-order valence-electron chi connectivity index (χ4n) is 4.48. The molecule has 0 saturated carbocycles. The average molecular weight is 486 g/mol. The Labute approximate surface area is 210 Å². The third kappa shape index (κ3) is 4.98. The zero-order valence-electron chi connectivity index (χ0n) is 21.1. The Bertz CT molecular complexity index is 1410. The van der Waals surface area contributed by atoms with Gasteiger partial charge in [0.15, 0.2) is 5.65 Å². The lowest BCUT2D eigenvalue weighted by molar-refractivity contribution is 0.0258.